The van der Waals surface area contributed by atoms with E-state index in [2.05, 4.69) is 117 Å². The summed E-state index contributed by atoms with van der Waals surface area (Å²) in [5.74, 6) is 0. The van der Waals surface area contributed by atoms with Gasteiger partial charge in [0.2, 0.25) is 0 Å². The molecule has 0 aliphatic heterocycles. The quantitative estimate of drug-likeness (QED) is 0.189. The van der Waals surface area contributed by atoms with Crippen molar-refractivity contribution in [3.05, 3.63) is 163 Å². The van der Waals surface area contributed by atoms with Crippen molar-refractivity contribution in [3.8, 4) is 33.8 Å². The highest BCUT2D eigenvalue weighted by molar-refractivity contribution is 5.80. The van der Waals surface area contributed by atoms with Crippen LogP contribution in [0.4, 0.5) is 17.1 Å². The molecule has 0 radical (unpaired) electrons. The third-order valence-electron chi connectivity index (χ3n) is 8.89. The number of allylic oxidation sites excluding steroid dienone is 1. The van der Waals surface area contributed by atoms with Gasteiger partial charge in [-0.1, -0.05) is 60.7 Å². The van der Waals surface area contributed by atoms with Gasteiger partial charge < -0.3 is 13.7 Å². The van der Waals surface area contributed by atoms with Gasteiger partial charge in [-0.05, 0) is 90.7 Å². The zero-order valence-corrected chi connectivity index (χ0v) is 25.6. The van der Waals surface area contributed by atoms with Crippen LogP contribution in [0, 0.1) is 0 Å². The Morgan fingerprint density at radius 3 is 1.57 bits per heavy atom. The lowest BCUT2D eigenvalue weighted by Crippen LogP contribution is -2.09. The molecule has 0 atom stereocenters. The van der Waals surface area contributed by atoms with E-state index in [0.717, 1.165) is 75.0 Å². The summed E-state index contributed by atoms with van der Waals surface area (Å²) in [7, 11) is 0. The molecule has 1 aliphatic carbocycles. The molecule has 0 bridgehead atoms. The minimum Gasteiger partial charge on any atom is -0.311 e. The predicted molar refractivity (Wildman–Crippen MR) is 190 cm³/mol. The number of aromatic nitrogens is 5. The number of anilines is 3. The molecule has 9 rings (SSSR count). The summed E-state index contributed by atoms with van der Waals surface area (Å²) in [6, 6.07) is 40.3. The zero-order chi connectivity index (χ0) is 31.2. The highest BCUT2D eigenvalue weighted by Crippen LogP contribution is 2.37. The Kier molecular flexibility index (Phi) is 6.49. The van der Waals surface area contributed by atoms with Gasteiger partial charge in [-0.2, -0.15) is 0 Å². The number of nitrogens with zero attached hydrogens (tertiary/aromatic N) is 6. The van der Waals surface area contributed by atoms with E-state index in [1.807, 2.05) is 55.0 Å². The van der Waals surface area contributed by atoms with Crippen LogP contribution in [-0.4, -0.2) is 23.8 Å². The predicted octanol–water partition coefficient (Wildman–Crippen LogP) is 9.81. The fourth-order valence-corrected chi connectivity index (χ4v) is 6.42. The second-order valence-electron chi connectivity index (χ2n) is 11.9. The Labute approximate surface area is 272 Å². The summed E-state index contributed by atoms with van der Waals surface area (Å²) in [6.45, 7) is 0. The second kappa shape index (κ2) is 11.3. The lowest BCUT2D eigenvalue weighted by atomic mass is 9.97. The molecule has 0 amide bonds. The molecule has 0 spiro atoms. The molecule has 0 unspecified atom stereocenters. The summed E-state index contributed by atoms with van der Waals surface area (Å²) in [4.78, 5) is 16.7. The monoisotopic (exact) mass is 606 g/mol. The van der Waals surface area contributed by atoms with Crippen LogP contribution >= 0.6 is 0 Å². The molecule has 1 aliphatic rings. The van der Waals surface area contributed by atoms with Crippen molar-refractivity contribution in [2.24, 2.45) is 0 Å². The molecule has 5 heterocycles. The lowest BCUT2D eigenvalue weighted by Gasteiger charge is -2.26. The van der Waals surface area contributed by atoms with E-state index in [0.29, 0.717) is 0 Å². The van der Waals surface area contributed by atoms with Crippen LogP contribution in [0.1, 0.15) is 17.5 Å². The standard InChI is InChI=1S/C41H30N6/c1-2-8-33-26-42-37(25-32(33)7-1)29-11-17-34(18-12-29)47(35-19-13-30(14-20-35)38-27-45-23-5-3-9-40(45)43-38)36-21-15-31(16-22-36)39-28-46-24-6-4-10-41(46)44-39/h2-6,8-28H,1,7H2. The number of benzene rings is 3. The average Bonchev–Trinajstić information content (AvgIpc) is 3.78. The van der Waals surface area contributed by atoms with E-state index in [1.54, 1.807) is 0 Å². The number of hydrogen-bond donors (Lipinski definition) is 0. The van der Waals surface area contributed by atoms with E-state index >= 15 is 0 Å². The fourth-order valence-electron chi connectivity index (χ4n) is 6.42. The number of aryl methyl sites for hydroxylation is 1. The number of fused-ring (bicyclic) bond motifs is 3. The molecule has 0 N–H and O–H groups in total. The molecule has 5 aromatic heterocycles. The first-order chi connectivity index (χ1) is 23.2. The summed E-state index contributed by atoms with van der Waals surface area (Å²) < 4.78 is 4.10. The maximum Gasteiger partial charge on any atom is 0.137 e. The van der Waals surface area contributed by atoms with Gasteiger partial charge in [0.15, 0.2) is 0 Å². The smallest absolute Gasteiger partial charge is 0.137 e. The van der Waals surface area contributed by atoms with Crippen molar-refractivity contribution in [3.63, 3.8) is 0 Å². The molecular formula is C41H30N6. The van der Waals surface area contributed by atoms with Gasteiger partial charge in [0.25, 0.3) is 0 Å². The van der Waals surface area contributed by atoms with Gasteiger partial charge in [0.05, 0.1) is 17.1 Å². The third kappa shape index (κ3) is 5.06. The molecule has 0 fully saturated rings. The maximum absolute atomic E-state index is 4.83. The van der Waals surface area contributed by atoms with Crippen molar-refractivity contribution in [2.75, 3.05) is 4.90 Å². The molecule has 224 valence electrons. The van der Waals surface area contributed by atoms with Crippen LogP contribution in [0.3, 0.4) is 0 Å². The average molecular weight is 607 g/mol. The first-order valence-corrected chi connectivity index (χ1v) is 15.9. The zero-order valence-electron chi connectivity index (χ0n) is 25.6. The van der Waals surface area contributed by atoms with Crippen molar-refractivity contribution in [1.82, 2.24) is 23.8 Å². The Morgan fingerprint density at radius 2 is 1.06 bits per heavy atom. The van der Waals surface area contributed by atoms with Crippen molar-refractivity contribution in [1.29, 1.82) is 0 Å². The van der Waals surface area contributed by atoms with Crippen molar-refractivity contribution in [2.45, 2.75) is 12.8 Å². The second-order valence-corrected chi connectivity index (χ2v) is 11.9. The number of hydrogen-bond acceptors (Lipinski definition) is 4. The van der Waals surface area contributed by atoms with Gasteiger partial charge >= 0.3 is 0 Å². The Hall–Kier alpha value is -6.27. The highest BCUT2D eigenvalue weighted by Gasteiger charge is 2.16. The lowest BCUT2D eigenvalue weighted by molar-refractivity contribution is 0.978. The Balaban J connectivity index is 1.08. The van der Waals surface area contributed by atoms with Crippen LogP contribution in [0.15, 0.2) is 152 Å². The maximum atomic E-state index is 4.83. The van der Waals surface area contributed by atoms with E-state index < -0.39 is 0 Å². The van der Waals surface area contributed by atoms with Crippen LogP contribution in [-0.2, 0) is 6.42 Å². The van der Waals surface area contributed by atoms with E-state index in [9.17, 15) is 0 Å². The van der Waals surface area contributed by atoms with Gasteiger partial charge in [0, 0.05) is 64.7 Å². The molecule has 6 heteroatoms. The summed E-state index contributed by atoms with van der Waals surface area (Å²) in [5, 5.41) is 0. The topological polar surface area (TPSA) is 50.7 Å². The van der Waals surface area contributed by atoms with E-state index in [1.165, 1.54) is 11.1 Å². The molecule has 47 heavy (non-hydrogen) atoms. The van der Waals surface area contributed by atoms with Crippen molar-refractivity contribution < 1.29 is 0 Å². The summed E-state index contributed by atoms with van der Waals surface area (Å²) >= 11 is 0. The van der Waals surface area contributed by atoms with Gasteiger partial charge in [-0.25, -0.2) is 9.97 Å². The summed E-state index contributed by atoms with van der Waals surface area (Å²) in [5.41, 5.74) is 13.8. The number of pyridine rings is 3. The van der Waals surface area contributed by atoms with Crippen LogP contribution < -0.4 is 4.90 Å². The molecule has 0 saturated heterocycles. The van der Waals surface area contributed by atoms with Gasteiger partial charge in [0.1, 0.15) is 11.3 Å². The van der Waals surface area contributed by atoms with E-state index in [4.69, 9.17) is 15.0 Å². The third-order valence-corrected chi connectivity index (χ3v) is 8.89. The Morgan fingerprint density at radius 1 is 0.553 bits per heavy atom. The van der Waals surface area contributed by atoms with Crippen LogP contribution in [0.2, 0.25) is 0 Å². The molecule has 0 saturated carbocycles. The Bertz CT molecular complexity index is 2210. The molecular weight excluding hydrogens is 576 g/mol. The highest BCUT2D eigenvalue weighted by atomic mass is 15.1. The minimum atomic E-state index is 0.934. The minimum absolute atomic E-state index is 0.934. The molecule has 8 aromatic rings. The number of imidazole rings is 2. The molecule has 3 aromatic carbocycles. The first-order valence-electron chi connectivity index (χ1n) is 15.9. The largest absolute Gasteiger partial charge is 0.311 e. The van der Waals surface area contributed by atoms with Gasteiger partial charge in [-0.15, -0.1) is 0 Å². The van der Waals surface area contributed by atoms with Crippen LogP contribution in [0.5, 0.6) is 0 Å². The summed E-state index contributed by atoms with van der Waals surface area (Å²) in [6.07, 6.45) is 16.7. The molecule has 6 nitrogen and oxygen atoms in total. The van der Waals surface area contributed by atoms with Gasteiger partial charge in [-0.3, -0.25) is 4.98 Å². The first kappa shape index (κ1) is 27.1. The van der Waals surface area contributed by atoms with E-state index in [-0.39, 0.29) is 0 Å². The van der Waals surface area contributed by atoms with Crippen LogP contribution in [0.25, 0.3) is 51.1 Å². The fraction of sp³-hybridized carbons (Fsp3) is 0.0488. The number of rotatable bonds is 6. The normalized spacial score (nSPS) is 12.4. The SMILES string of the molecule is C1=Cc2cnc(-c3ccc(N(c4ccc(-c5cn6ccccc6n5)cc4)c4ccc(-c5cn6ccccc6n5)cc4)cc3)cc2CC1. The van der Waals surface area contributed by atoms with Crippen molar-refractivity contribution >= 4 is 34.4 Å².